The Bertz CT molecular complexity index is 441. The largest absolute Gasteiger partial charge is 0.393 e. The van der Waals surface area contributed by atoms with Crippen LogP contribution in [0.5, 0.6) is 0 Å². The van der Waals surface area contributed by atoms with E-state index in [0.717, 1.165) is 5.56 Å². The van der Waals surface area contributed by atoms with Crippen LogP contribution in [0.1, 0.15) is 31.4 Å². The van der Waals surface area contributed by atoms with Crippen molar-refractivity contribution in [2.45, 2.75) is 32.0 Å². The first-order valence-corrected chi connectivity index (χ1v) is 6.43. The summed E-state index contributed by atoms with van der Waals surface area (Å²) in [6, 6.07) is 9.55. The van der Waals surface area contributed by atoms with E-state index >= 15 is 0 Å². The van der Waals surface area contributed by atoms with Crippen LogP contribution < -0.4 is 0 Å². The van der Waals surface area contributed by atoms with E-state index in [-0.39, 0.29) is 12.0 Å². The summed E-state index contributed by atoms with van der Waals surface area (Å²) in [7, 11) is 0. The van der Waals surface area contributed by atoms with Crippen LogP contribution in [-0.2, 0) is 14.6 Å². The normalized spacial score (nSPS) is 28.7. The minimum atomic E-state index is -0.553. The molecule has 1 aliphatic rings. The molecule has 3 unspecified atom stereocenters. The maximum absolute atomic E-state index is 11.4. The molecule has 19 heavy (non-hydrogen) atoms. The van der Waals surface area contributed by atoms with E-state index in [2.05, 4.69) is 0 Å². The van der Waals surface area contributed by atoms with Gasteiger partial charge >= 0.3 is 5.97 Å². The van der Waals surface area contributed by atoms with Gasteiger partial charge in [0.05, 0.1) is 6.10 Å². The third-order valence-electron chi connectivity index (χ3n) is 3.29. The average molecular weight is 262 g/mol. The van der Waals surface area contributed by atoms with Gasteiger partial charge in [-0.1, -0.05) is 43.3 Å². The summed E-state index contributed by atoms with van der Waals surface area (Å²) in [4.78, 5) is 21.3. The second-order valence-electron chi connectivity index (χ2n) is 4.82. The zero-order valence-corrected chi connectivity index (χ0v) is 10.9. The van der Waals surface area contributed by atoms with Crippen molar-refractivity contribution in [2.24, 2.45) is 5.92 Å². The zero-order valence-electron chi connectivity index (χ0n) is 10.9. The third kappa shape index (κ3) is 3.91. The molecule has 1 aromatic carbocycles. The number of carbonyl (C=O) groups excluding carboxylic acids is 1. The topological polar surface area (TPSA) is 55.8 Å². The third-order valence-corrected chi connectivity index (χ3v) is 3.29. The molecule has 0 fully saturated rings. The van der Waals surface area contributed by atoms with Crippen LogP contribution in [0.15, 0.2) is 42.5 Å². The van der Waals surface area contributed by atoms with Gasteiger partial charge in [0.1, 0.15) is 6.10 Å². The quantitative estimate of drug-likeness (QED) is 0.790. The van der Waals surface area contributed by atoms with Gasteiger partial charge in [-0.15, -0.1) is 0 Å². The molecule has 1 aliphatic heterocycles. The summed E-state index contributed by atoms with van der Waals surface area (Å²) in [5.41, 5.74) is 0.930. The molecular weight excluding hydrogens is 244 g/mol. The van der Waals surface area contributed by atoms with E-state index in [1.54, 1.807) is 6.08 Å². The molecule has 102 valence electrons. The fourth-order valence-electron chi connectivity index (χ4n) is 2.06. The lowest BCUT2D eigenvalue weighted by molar-refractivity contribution is -0.300. The number of hydrogen-bond donors (Lipinski definition) is 1. The number of hydrogen-bond acceptors (Lipinski definition) is 4. The number of rotatable bonds is 1. The van der Waals surface area contributed by atoms with Crippen molar-refractivity contribution >= 4 is 5.97 Å². The predicted molar refractivity (Wildman–Crippen MR) is 69.9 cm³/mol. The van der Waals surface area contributed by atoms with Gasteiger partial charge in [-0.05, 0) is 24.3 Å². The smallest absolute Gasteiger partial charge is 0.365 e. The summed E-state index contributed by atoms with van der Waals surface area (Å²) in [6.07, 6.45) is 3.07. The van der Waals surface area contributed by atoms with Crippen LogP contribution in [0.2, 0.25) is 0 Å². The summed E-state index contributed by atoms with van der Waals surface area (Å²) in [5, 5.41) is 9.99. The van der Waals surface area contributed by atoms with Gasteiger partial charge in [0.25, 0.3) is 0 Å². The second kappa shape index (κ2) is 6.50. The molecule has 0 radical (unpaired) electrons. The van der Waals surface area contributed by atoms with Crippen LogP contribution in [0, 0.1) is 5.92 Å². The fourth-order valence-corrected chi connectivity index (χ4v) is 2.06. The molecule has 4 nitrogen and oxygen atoms in total. The van der Waals surface area contributed by atoms with E-state index in [1.165, 1.54) is 6.08 Å². The Morgan fingerprint density at radius 2 is 2.00 bits per heavy atom. The highest BCUT2D eigenvalue weighted by molar-refractivity contribution is 5.81. The number of aliphatic hydroxyl groups is 1. The number of carbonyl (C=O) groups is 1. The van der Waals surface area contributed by atoms with Gasteiger partial charge in [-0.3, -0.25) is 4.89 Å². The maximum atomic E-state index is 11.4. The van der Waals surface area contributed by atoms with Crippen LogP contribution in [0.25, 0.3) is 0 Å². The van der Waals surface area contributed by atoms with Crippen LogP contribution >= 0.6 is 0 Å². The van der Waals surface area contributed by atoms with Gasteiger partial charge in [-0.25, -0.2) is 4.79 Å². The van der Waals surface area contributed by atoms with E-state index in [4.69, 9.17) is 9.78 Å². The molecule has 3 atom stereocenters. The molecule has 0 amide bonds. The molecule has 2 rings (SSSR count). The molecular formula is C15H18O4. The predicted octanol–water partition coefficient (Wildman–Crippen LogP) is 2.55. The second-order valence-corrected chi connectivity index (χ2v) is 4.82. The monoisotopic (exact) mass is 262 g/mol. The van der Waals surface area contributed by atoms with Crippen molar-refractivity contribution < 1.29 is 19.7 Å². The summed E-state index contributed by atoms with van der Waals surface area (Å²) in [6.45, 7) is 1.96. The summed E-state index contributed by atoms with van der Waals surface area (Å²) < 4.78 is 0. The highest BCUT2D eigenvalue weighted by Gasteiger charge is 2.23. The van der Waals surface area contributed by atoms with Gasteiger partial charge in [-0.2, -0.15) is 4.89 Å². The maximum Gasteiger partial charge on any atom is 0.365 e. The Kier molecular flexibility index (Phi) is 4.71. The lowest BCUT2D eigenvalue weighted by Crippen LogP contribution is -2.22. The highest BCUT2D eigenvalue weighted by atomic mass is 17.2. The Morgan fingerprint density at radius 1 is 1.26 bits per heavy atom. The minimum absolute atomic E-state index is 0.0478. The van der Waals surface area contributed by atoms with Crippen LogP contribution in [0.3, 0.4) is 0 Å². The Labute approximate surface area is 112 Å². The van der Waals surface area contributed by atoms with Gasteiger partial charge < -0.3 is 5.11 Å². The van der Waals surface area contributed by atoms with E-state index in [0.29, 0.717) is 12.8 Å². The summed E-state index contributed by atoms with van der Waals surface area (Å²) >= 11 is 0. The molecule has 0 aliphatic carbocycles. The van der Waals surface area contributed by atoms with Crippen molar-refractivity contribution in [1.82, 2.24) is 0 Å². The van der Waals surface area contributed by atoms with Crippen molar-refractivity contribution in [3.05, 3.63) is 48.0 Å². The van der Waals surface area contributed by atoms with Crippen molar-refractivity contribution in [3.63, 3.8) is 0 Å². The first-order chi connectivity index (χ1) is 9.16. The first kappa shape index (κ1) is 13.8. The lowest BCUT2D eigenvalue weighted by Gasteiger charge is -2.24. The Morgan fingerprint density at radius 3 is 2.74 bits per heavy atom. The van der Waals surface area contributed by atoms with Crippen molar-refractivity contribution in [1.29, 1.82) is 0 Å². The first-order valence-electron chi connectivity index (χ1n) is 6.43. The average Bonchev–Trinajstić information content (AvgIpc) is 2.43. The molecule has 1 heterocycles. The highest BCUT2D eigenvalue weighted by Crippen LogP contribution is 2.28. The lowest BCUT2D eigenvalue weighted by atomic mass is 9.92. The molecule has 0 saturated carbocycles. The summed E-state index contributed by atoms with van der Waals surface area (Å²) in [5.74, 6) is -0.505. The molecule has 4 heteroatoms. The van der Waals surface area contributed by atoms with Gasteiger partial charge in [0.15, 0.2) is 0 Å². The Balaban J connectivity index is 2.17. The zero-order chi connectivity index (χ0) is 13.7. The molecule has 0 spiro atoms. The van der Waals surface area contributed by atoms with Crippen LogP contribution in [0.4, 0.5) is 0 Å². The molecule has 0 saturated heterocycles. The number of benzene rings is 1. The SMILES string of the molecule is CC1CC(c2ccccc2)OOC(=O)C=CCC1O. The van der Waals surface area contributed by atoms with Crippen molar-refractivity contribution in [2.75, 3.05) is 0 Å². The van der Waals surface area contributed by atoms with Crippen LogP contribution in [-0.4, -0.2) is 17.2 Å². The number of aliphatic hydroxyl groups excluding tert-OH is 1. The Hall–Kier alpha value is -1.65. The van der Waals surface area contributed by atoms with Gasteiger partial charge in [0.2, 0.25) is 0 Å². The minimum Gasteiger partial charge on any atom is -0.393 e. The molecule has 0 bridgehead atoms. The van der Waals surface area contributed by atoms with Crippen molar-refractivity contribution in [3.8, 4) is 0 Å². The molecule has 1 N–H and O–H groups in total. The van der Waals surface area contributed by atoms with E-state index in [1.807, 2.05) is 37.3 Å². The fraction of sp³-hybridized carbons (Fsp3) is 0.400. The molecule has 0 aromatic heterocycles. The molecule has 1 aromatic rings. The standard InChI is InChI=1S/C15H18O4/c1-11-10-14(12-6-3-2-4-7-12)18-19-15(17)9-5-8-13(11)16/h2-7,9,11,13-14,16H,8,10H2,1H3. The van der Waals surface area contributed by atoms with Gasteiger partial charge in [0, 0.05) is 6.08 Å². The van der Waals surface area contributed by atoms with E-state index < -0.39 is 12.1 Å². The van der Waals surface area contributed by atoms with E-state index in [9.17, 15) is 9.90 Å².